The van der Waals surface area contributed by atoms with Crippen molar-refractivity contribution in [1.82, 2.24) is 16.0 Å². The van der Waals surface area contributed by atoms with Crippen LogP contribution in [-0.4, -0.2) is 47.9 Å². The van der Waals surface area contributed by atoms with Crippen molar-refractivity contribution in [3.05, 3.63) is 35.4 Å². The maximum Gasteiger partial charge on any atom is 0.328 e. The zero-order valence-corrected chi connectivity index (χ0v) is 22.5. The van der Waals surface area contributed by atoms with Gasteiger partial charge in [0.2, 0.25) is 17.7 Å². The Balaban J connectivity index is 2.38. The maximum atomic E-state index is 13.2. The molecule has 0 bridgehead atoms. The zero-order chi connectivity index (χ0) is 27.5. The summed E-state index contributed by atoms with van der Waals surface area (Å²) in [5.41, 5.74) is 1.13. The Bertz CT molecular complexity index is 1000. The fourth-order valence-corrected chi connectivity index (χ4v) is 4.31. The van der Waals surface area contributed by atoms with Gasteiger partial charge in [0.25, 0.3) is 0 Å². The third-order valence-corrected chi connectivity index (χ3v) is 6.51. The highest BCUT2D eigenvalue weighted by Crippen LogP contribution is 2.21. The second kappa shape index (κ2) is 14.4. The highest BCUT2D eigenvalue weighted by Gasteiger charge is 2.33. The third-order valence-electron chi connectivity index (χ3n) is 6.51. The van der Waals surface area contributed by atoms with E-state index in [0.717, 1.165) is 19.3 Å². The van der Waals surface area contributed by atoms with Crippen LogP contribution < -0.4 is 16.0 Å². The number of ether oxygens (including phenoxy) is 1. The number of esters is 1. The van der Waals surface area contributed by atoms with Gasteiger partial charge in [-0.2, -0.15) is 5.26 Å². The van der Waals surface area contributed by atoms with Gasteiger partial charge < -0.3 is 20.7 Å². The van der Waals surface area contributed by atoms with E-state index in [1.807, 2.05) is 20.8 Å². The first-order chi connectivity index (χ1) is 17.5. The molecule has 1 aromatic carbocycles. The molecule has 2 rings (SSSR count). The van der Waals surface area contributed by atoms with Crippen LogP contribution in [0.5, 0.6) is 0 Å². The van der Waals surface area contributed by atoms with Crippen LogP contribution >= 0.6 is 0 Å². The lowest BCUT2D eigenvalue weighted by atomic mass is 9.94. The molecule has 0 aromatic heterocycles. The molecule has 1 aliphatic heterocycles. The highest BCUT2D eigenvalue weighted by molar-refractivity contribution is 5.94. The van der Waals surface area contributed by atoms with Crippen molar-refractivity contribution in [3.63, 3.8) is 0 Å². The van der Waals surface area contributed by atoms with Crippen LogP contribution in [0.15, 0.2) is 24.3 Å². The average molecular weight is 513 g/mol. The Morgan fingerprint density at radius 3 is 2.43 bits per heavy atom. The number of benzene rings is 1. The molecule has 9 nitrogen and oxygen atoms in total. The lowest BCUT2D eigenvalue weighted by molar-refractivity contribution is -0.157. The molecule has 0 saturated carbocycles. The van der Waals surface area contributed by atoms with Crippen molar-refractivity contribution in [2.75, 3.05) is 0 Å². The minimum Gasteiger partial charge on any atom is -0.460 e. The van der Waals surface area contributed by atoms with Gasteiger partial charge in [-0.1, -0.05) is 52.7 Å². The minimum atomic E-state index is -0.980. The van der Waals surface area contributed by atoms with E-state index < -0.39 is 47.9 Å². The van der Waals surface area contributed by atoms with Crippen LogP contribution in [0.2, 0.25) is 0 Å². The van der Waals surface area contributed by atoms with Crippen LogP contribution in [0.3, 0.4) is 0 Å². The lowest BCUT2D eigenvalue weighted by Crippen LogP contribution is -2.55. The van der Waals surface area contributed by atoms with E-state index in [9.17, 15) is 24.4 Å². The van der Waals surface area contributed by atoms with Crippen LogP contribution in [-0.2, 0) is 30.3 Å². The Hall–Kier alpha value is -3.41. The first-order valence-electron chi connectivity index (χ1n) is 13.1. The molecule has 1 heterocycles. The van der Waals surface area contributed by atoms with Crippen LogP contribution in [0, 0.1) is 23.2 Å². The molecule has 3 N–H and O–H groups in total. The molecule has 37 heavy (non-hydrogen) atoms. The van der Waals surface area contributed by atoms with Crippen LogP contribution in [0.4, 0.5) is 0 Å². The molecule has 1 saturated heterocycles. The molecule has 202 valence electrons. The number of rotatable bonds is 8. The number of nitrogens with one attached hydrogen (secondary N) is 3. The summed E-state index contributed by atoms with van der Waals surface area (Å²) in [7, 11) is 0. The first kappa shape index (κ1) is 29.8. The number of hydrogen-bond acceptors (Lipinski definition) is 6. The van der Waals surface area contributed by atoms with Crippen molar-refractivity contribution >= 4 is 23.7 Å². The zero-order valence-electron chi connectivity index (χ0n) is 22.5. The normalized spacial score (nSPS) is 24.4. The molecule has 0 aliphatic carbocycles. The summed E-state index contributed by atoms with van der Waals surface area (Å²) in [5.74, 6) is -2.03. The van der Waals surface area contributed by atoms with E-state index in [1.54, 1.807) is 24.3 Å². The van der Waals surface area contributed by atoms with Gasteiger partial charge in [0, 0.05) is 6.42 Å². The third kappa shape index (κ3) is 9.52. The Kier molecular flexibility index (Phi) is 11.6. The molecule has 3 amide bonds. The molecule has 1 aliphatic rings. The fourth-order valence-electron chi connectivity index (χ4n) is 4.31. The molecular formula is C28H40N4O5. The van der Waals surface area contributed by atoms with Crippen molar-refractivity contribution in [1.29, 1.82) is 5.26 Å². The first-order valence-corrected chi connectivity index (χ1v) is 13.1. The summed E-state index contributed by atoms with van der Waals surface area (Å²) in [5, 5.41) is 17.4. The smallest absolute Gasteiger partial charge is 0.328 e. The second-order valence-corrected chi connectivity index (χ2v) is 10.4. The van der Waals surface area contributed by atoms with Gasteiger partial charge in [-0.05, 0) is 49.3 Å². The number of carbonyl (C=O) groups is 4. The average Bonchev–Trinajstić information content (AvgIpc) is 2.85. The SMILES string of the molecule is CCCC[C@H](C)[C@H]1CC(=O)N[C@@H](Cc2cccc(C#N)c2)C(=O)N[C@@H](C)C(=O)N[C@H](CC(C)C)C(=O)O1. The van der Waals surface area contributed by atoms with Gasteiger partial charge in [-0.25, -0.2) is 4.79 Å². The quantitative estimate of drug-likeness (QED) is 0.458. The molecule has 5 atom stereocenters. The number of nitrogens with zero attached hydrogens (tertiary/aromatic N) is 1. The number of cyclic esters (lactones) is 1. The van der Waals surface area contributed by atoms with Gasteiger partial charge in [-0.3, -0.25) is 14.4 Å². The fraction of sp³-hybridized carbons (Fsp3) is 0.607. The number of hydrogen-bond donors (Lipinski definition) is 3. The molecule has 1 aromatic rings. The van der Waals surface area contributed by atoms with E-state index in [4.69, 9.17) is 4.74 Å². The minimum absolute atomic E-state index is 0.0892. The summed E-state index contributed by atoms with van der Waals surface area (Å²) < 4.78 is 5.85. The van der Waals surface area contributed by atoms with Gasteiger partial charge in [-0.15, -0.1) is 0 Å². The van der Waals surface area contributed by atoms with Crippen LogP contribution in [0.25, 0.3) is 0 Å². The van der Waals surface area contributed by atoms with E-state index in [-0.39, 0.29) is 24.7 Å². The van der Waals surface area contributed by atoms with E-state index in [0.29, 0.717) is 17.5 Å². The number of amides is 3. The topological polar surface area (TPSA) is 137 Å². The predicted molar refractivity (Wildman–Crippen MR) is 139 cm³/mol. The van der Waals surface area contributed by atoms with E-state index in [2.05, 4.69) is 28.9 Å². The standard InChI is InChI=1S/C28H40N4O5/c1-6-7-9-18(4)24-15-25(33)31-22(14-20-10-8-11-21(13-20)16-29)27(35)30-19(5)26(34)32-23(12-17(2)3)28(36)37-24/h8,10-11,13,17-19,22-24H,6-7,9,12,14-15H2,1-5H3,(H,30,35)(H,31,33)(H,32,34)/t18-,19-,22-,23+,24+/m0/s1. The van der Waals surface area contributed by atoms with Gasteiger partial charge >= 0.3 is 5.97 Å². The maximum absolute atomic E-state index is 13.2. The molecule has 0 unspecified atom stereocenters. The van der Waals surface area contributed by atoms with E-state index >= 15 is 0 Å². The summed E-state index contributed by atoms with van der Waals surface area (Å²) in [6, 6.07) is 6.05. The summed E-state index contributed by atoms with van der Waals surface area (Å²) in [6.45, 7) is 9.40. The summed E-state index contributed by atoms with van der Waals surface area (Å²) in [6.07, 6.45) is 2.35. The molecule has 0 radical (unpaired) electrons. The van der Waals surface area contributed by atoms with Crippen LogP contribution in [0.1, 0.15) is 77.8 Å². The Labute approximate surface area is 219 Å². The second-order valence-electron chi connectivity index (χ2n) is 10.4. The lowest BCUT2D eigenvalue weighted by Gasteiger charge is -2.27. The summed E-state index contributed by atoms with van der Waals surface area (Å²) in [4.78, 5) is 52.4. The van der Waals surface area contributed by atoms with Crippen molar-refractivity contribution in [2.45, 2.75) is 97.4 Å². The Morgan fingerprint density at radius 1 is 1.05 bits per heavy atom. The molecular weight excluding hydrogens is 472 g/mol. The number of nitriles is 1. The largest absolute Gasteiger partial charge is 0.460 e. The predicted octanol–water partition coefficient (Wildman–Crippen LogP) is 2.76. The molecule has 1 fully saturated rings. The molecule has 0 spiro atoms. The number of unbranched alkanes of at least 4 members (excludes halogenated alkanes) is 1. The highest BCUT2D eigenvalue weighted by atomic mass is 16.5. The number of carbonyl (C=O) groups excluding carboxylic acids is 4. The van der Waals surface area contributed by atoms with Crippen molar-refractivity contribution in [2.24, 2.45) is 11.8 Å². The van der Waals surface area contributed by atoms with Gasteiger partial charge in [0.1, 0.15) is 24.2 Å². The summed E-state index contributed by atoms with van der Waals surface area (Å²) >= 11 is 0. The van der Waals surface area contributed by atoms with Crippen molar-refractivity contribution in [3.8, 4) is 6.07 Å². The Morgan fingerprint density at radius 2 is 1.78 bits per heavy atom. The molecule has 9 heteroatoms. The van der Waals surface area contributed by atoms with E-state index in [1.165, 1.54) is 6.92 Å². The monoisotopic (exact) mass is 512 g/mol. The van der Waals surface area contributed by atoms with Gasteiger partial charge in [0.15, 0.2) is 0 Å². The van der Waals surface area contributed by atoms with Gasteiger partial charge in [0.05, 0.1) is 18.1 Å². The van der Waals surface area contributed by atoms with Crippen molar-refractivity contribution < 1.29 is 23.9 Å².